The molecule has 3 aromatic rings. The van der Waals surface area contributed by atoms with Crippen molar-refractivity contribution in [2.45, 2.75) is 25.3 Å². The number of nitrogens with one attached hydrogen (secondary N) is 3. The number of H-pyrrole nitrogens is 1. The molecule has 0 radical (unpaired) electrons. The molecule has 1 aromatic carbocycles. The molecule has 0 spiro atoms. The van der Waals surface area contributed by atoms with Crippen LogP contribution in [-0.4, -0.2) is 21.0 Å². The Morgan fingerprint density at radius 3 is 3.00 bits per heavy atom. The first-order valence-electron chi connectivity index (χ1n) is 7.36. The molecule has 1 saturated carbocycles. The summed E-state index contributed by atoms with van der Waals surface area (Å²) in [6.45, 7) is 0. The summed E-state index contributed by atoms with van der Waals surface area (Å²) in [5, 5.41) is 6.53. The Labute approximate surface area is 139 Å². The first-order chi connectivity index (χ1) is 11.2. The van der Waals surface area contributed by atoms with Gasteiger partial charge in [-0.3, -0.25) is 4.98 Å². The lowest BCUT2D eigenvalue weighted by Gasteiger charge is -2.27. The second-order valence-electron chi connectivity index (χ2n) is 5.51. The highest BCUT2D eigenvalue weighted by molar-refractivity contribution is 9.10. The largest absolute Gasteiger partial charge is 0.417 e. The molecule has 2 heterocycles. The van der Waals surface area contributed by atoms with E-state index in [2.05, 4.69) is 41.5 Å². The van der Waals surface area contributed by atoms with Gasteiger partial charge in [-0.15, -0.1) is 0 Å². The van der Waals surface area contributed by atoms with Crippen LogP contribution >= 0.6 is 15.9 Å². The predicted molar refractivity (Wildman–Crippen MR) is 91.1 cm³/mol. The molecule has 3 N–H and O–H groups in total. The fraction of sp³-hybridized carbons (Fsp3) is 0.267. The third-order valence-electron chi connectivity index (χ3n) is 3.87. The fourth-order valence-electron chi connectivity index (χ4n) is 2.43. The van der Waals surface area contributed by atoms with Crippen molar-refractivity contribution in [3.63, 3.8) is 0 Å². The smallest absolute Gasteiger partial charge is 0.408 e. The van der Waals surface area contributed by atoms with Crippen molar-refractivity contribution in [1.82, 2.24) is 15.0 Å². The van der Waals surface area contributed by atoms with E-state index in [1.165, 1.54) is 19.3 Å². The van der Waals surface area contributed by atoms with Gasteiger partial charge in [-0.25, -0.2) is 9.78 Å². The zero-order chi connectivity index (χ0) is 15.8. The lowest BCUT2D eigenvalue weighted by molar-refractivity contribution is 0.444. The Kier molecular flexibility index (Phi) is 3.53. The van der Waals surface area contributed by atoms with Crippen LogP contribution in [0.1, 0.15) is 19.3 Å². The summed E-state index contributed by atoms with van der Waals surface area (Å²) in [4.78, 5) is 22.6. The van der Waals surface area contributed by atoms with Crippen LogP contribution in [0.25, 0.3) is 11.1 Å². The van der Waals surface area contributed by atoms with Gasteiger partial charge in [0.15, 0.2) is 5.58 Å². The Morgan fingerprint density at radius 2 is 2.22 bits per heavy atom. The third kappa shape index (κ3) is 2.94. The molecule has 118 valence electrons. The minimum Gasteiger partial charge on any atom is -0.408 e. The van der Waals surface area contributed by atoms with Gasteiger partial charge in [0.05, 0.1) is 9.99 Å². The van der Waals surface area contributed by atoms with E-state index in [0.29, 0.717) is 23.1 Å². The molecule has 0 amide bonds. The number of aromatic amines is 1. The minimum absolute atomic E-state index is 0.468. The fourth-order valence-corrected chi connectivity index (χ4v) is 2.73. The van der Waals surface area contributed by atoms with Crippen molar-refractivity contribution < 1.29 is 4.42 Å². The first-order valence-corrected chi connectivity index (χ1v) is 8.16. The zero-order valence-electron chi connectivity index (χ0n) is 12.1. The topological polar surface area (TPSA) is 95.8 Å². The molecular weight excluding hydrogens is 362 g/mol. The molecule has 7 nitrogen and oxygen atoms in total. The van der Waals surface area contributed by atoms with Crippen molar-refractivity contribution in [3.8, 4) is 0 Å². The van der Waals surface area contributed by atoms with Gasteiger partial charge in [-0.1, -0.05) is 0 Å². The summed E-state index contributed by atoms with van der Waals surface area (Å²) in [6.07, 6.45) is 5.31. The minimum atomic E-state index is -0.468. The second-order valence-corrected chi connectivity index (χ2v) is 6.37. The molecule has 0 saturated heterocycles. The molecule has 23 heavy (non-hydrogen) atoms. The summed E-state index contributed by atoms with van der Waals surface area (Å²) in [6, 6.07) is 5.82. The molecule has 4 rings (SSSR count). The van der Waals surface area contributed by atoms with E-state index in [1.807, 2.05) is 6.07 Å². The van der Waals surface area contributed by atoms with Crippen molar-refractivity contribution in [3.05, 3.63) is 39.4 Å². The van der Waals surface area contributed by atoms with Gasteiger partial charge in [0.1, 0.15) is 5.82 Å². The maximum absolute atomic E-state index is 11.2. The molecule has 0 atom stereocenters. The van der Waals surface area contributed by atoms with Gasteiger partial charge in [0.2, 0.25) is 5.95 Å². The summed E-state index contributed by atoms with van der Waals surface area (Å²) >= 11 is 3.46. The van der Waals surface area contributed by atoms with Gasteiger partial charge in [-0.2, -0.15) is 4.98 Å². The molecular formula is C15H14BrN5O2. The molecule has 1 aliphatic rings. The van der Waals surface area contributed by atoms with Crippen LogP contribution in [0.5, 0.6) is 0 Å². The maximum atomic E-state index is 11.2. The average molecular weight is 376 g/mol. The van der Waals surface area contributed by atoms with E-state index < -0.39 is 5.76 Å². The van der Waals surface area contributed by atoms with Crippen molar-refractivity contribution in [1.29, 1.82) is 0 Å². The van der Waals surface area contributed by atoms with Crippen LogP contribution in [0.4, 0.5) is 17.5 Å². The van der Waals surface area contributed by atoms with Crippen LogP contribution < -0.4 is 16.4 Å². The van der Waals surface area contributed by atoms with Gasteiger partial charge in [0, 0.05) is 24.0 Å². The Morgan fingerprint density at radius 1 is 1.35 bits per heavy atom. The standard InChI is InChI=1S/C15H14BrN5O2/c16-10-7-17-14(21-13(10)18-8-2-1-3-8)19-9-4-5-11-12(6-9)23-15(22)20-11/h4-8H,1-3H2,(H,20,22)(H2,17,18,19,21). The Bertz CT molecular complexity index is 916. The highest BCUT2D eigenvalue weighted by atomic mass is 79.9. The van der Waals surface area contributed by atoms with E-state index in [-0.39, 0.29) is 0 Å². The maximum Gasteiger partial charge on any atom is 0.417 e. The molecule has 0 bridgehead atoms. The van der Waals surface area contributed by atoms with E-state index in [4.69, 9.17) is 4.42 Å². The molecule has 0 unspecified atom stereocenters. The second kappa shape index (κ2) is 5.69. The van der Waals surface area contributed by atoms with E-state index in [1.54, 1.807) is 18.3 Å². The Balaban J connectivity index is 1.58. The number of halogens is 1. The SMILES string of the molecule is O=c1[nH]c2ccc(Nc3ncc(Br)c(NC4CCC4)n3)cc2o1. The van der Waals surface area contributed by atoms with Gasteiger partial charge in [-0.05, 0) is 47.3 Å². The third-order valence-corrected chi connectivity index (χ3v) is 4.45. The number of aromatic nitrogens is 3. The summed E-state index contributed by atoms with van der Waals surface area (Å²) < 4.78 is 5.89. The summed E-state index contributed by atoms with van der Waals surface area (Å²) in [5.74, 6) is 0.790. The molecule has 2 aromatic heterocycles. The van der Waals surface area contributed by atoms with Crippen LogP contribution in [0.2, 0.25) is 0 Å². The number of hydrogen-bond donors (Lipinski definition) is 3. The van der Waals surface area contributed by atoms with Crippen molar-refractivity contribution in [2.24, 2.45) is 0 Å². The number of nitrogens with zero attached hydrogens (tertiary/aromatic N) is 2. The summed E-state index contributed by atoms with van der Waals surface area (Å²) in [7, 11) is 0. The number of anilines is 3. The summed E-state index contributed by atoms with van der Waals surface area (Å²) in [5.41, 5.74) is 1.90. The lowest BCUT2D eigenvalue weighted by atomic mass is 9.93. The number of fused-ring (bicyclic) bond motifs is 1. The zero-order valence-corrected chi connectivity index (χ0v) is 13.7. The molecule has 1 fully saturated rings. The van der Waals surface area contributed by atoms with Crippen molar-refractivity contribution >= 4 is 44.5 Å². The van der Waals surface area contributed by atoms with Gasteiger partial charge in [0.25, 0.3) is 0 Å². The van der Waals surface area contributed by atoms with Crippen molar-refractivity contribution in [2.75, 3.05) is 10.6 Å². The first kappa shape index (κ1) is 14.3. The van der Waals surface area contributed by atoms with E-state index in [0.717, 1.165) is 16.0 Å². The number of oxazole rings is 1. The predicted octanol–water partition coefficient (Wildman–Crippen LogP) is 3.38. The van der Waals surface area contributed by atoms with Crippen LogP contribution in [0.15, 0.2) is 38.1 Å². The average Bonchev–Trinajstić information content (AvgIpc) is 2.85. The van der Waals surface area contributed by atoms with Crippen LogP contribution in [0.3, 0.4) is 0 Å². The van der Waals surface area contributed by atoms with E-state index in [9.17, 15) is 4.79 Å². The van der Waals surface area contributed by atoms with Crippen LogP contribution in [0, 0.1) is 0 Å². The number of benzene rings is 1. The van der Waals surface area contributed by atoms with E-state index >= 15 is 0 Å². The normalized spacial score (nSPS) is 14.7. The van der Waals surface area contributed by atoms with Crippen LogP contribution in [-0.2, 0) is 0 Å². The lowest BCUT2D eigenvalue weighted by Crippen LogP contribution is -2.27. The molecule has 0 aliphatic heterocycles. The Hall–Kier alpha value is -2.35. The van der Waals surface area contributed by atoms with Gasteiger partial charge >= 0.3 is 5.76 Å². The monoisotopic (exact) mass is 375 g/mol. The quantitative estimate of drug-likeness (QED) is 0.646. The van der Waals surface area contributed by atoms with Gasteiger partial charge < -0.3 is 15.1 Å². The highest BCUT2D eigenvalue weighted by Gasteiger charge is 2.19. The molecule has 1 aliphatic carbocycles. The molecule has 8 heteroatoms. The number of rotatable bonds is 4. The highest BCUT2D eigenvalue weighted by Crippen LogP contribution is 2.28. The number of hydrogen-bond acceptors (Lipinski definition) is 6.